The highest BCUT2D eigenvalue weighted by molar-refractivity contribution is 7.12. The molecule has 0 spiro atoms. The molecule has 1 heterocycles. The maximum atomic E-state index is 5.78. The Kier molecular flexibility index (Phi) is 3.81. The van der Waals surface area contributed by atoms with Crippen molar-refractivity contribution in [3.63, 3.8) is 0 Å². The molecule has 0 aliphatic rings. The number of alkyl halides is 1. The van der Waals surface area contributed by atoms with Gasteiger partial charge in [-0.2, -0.15) is 0 Å². The van der Waals surface area contributed by atoms with E-state index in [-0.39, 0.29) is 5.41 Å². The van der Waals surface area contributed by atoms with Gasteiger partial charge in [0.15, 0.2) is 0 Å². The monoisotopic (exact) mass is 216 g/mol. The van der Waals surface area contributed by atoms with Crippen LogP contribution in [0.4, 0.5) is 0 Å². The second-order valence-electron chi connectivity index (χ2n) is 3.94. The highest BCUT2D eigenvalue weighted by Crippen LogP contribution is 2.33. The molecule has 74 valence electrons. The van der Waals surface area contributed by atoms with E-state index in [4.69, 9.17) is 11.6 Å². The van der Waals surface area contributed by atoms with Gasteiger partial charge < -0.3 is 0 Å². The van der Waals surface area contributed by atoms with Crippen molar-refractivity contribution in [2.24, 2.45) is 0 Å². The van der Waals surface area contributed by atoms with Gasteiger partial charge in [0, 0.05) is 21.0 Å². The lowest BCUT2D eigenvalue weighted by Crippen LogP contribution is -2.15. The van der Waals surface area contributed by atoms with Crippen molar-refractivity contribution in [1.29, 1.82) is 0 Å². The molecule has 0 saturated heterocycles. The molecule has 0 N–H and O–H groups in total. The van der Waals surface area contributed by atoms with Crippen molar-refractivity contribution < 1.29 is 0 Å². The van der Waals surface area contributed by atoms with E-state index in [1.54, 1.807) is 0 Å². The highest BCUT2D eigenvalue weighted by Gasteiger charge is 2.21. The van der Waals surface area contributed by atoms with E-state index in [0.717, 1.165) is 18.7 Å². The number of hydrogen-bond donors (Lipinski definition) is 0. The van der Waals surface area contributed by atoms with Crippen LogP contribution >= 0.6 is 22.9 Å². The Morgan fingerprint density at radius 1 is 1.38 bits per heavy atom. The fourth-order valence-corrected chi connectivity index (χ4v) is 2.84. The van der Waals surface area contributed by atoms with Gasteiger partial charge in [0.1, 0.15) is 0 Å². The third-order valence-electron chi connectivity index (χ3n) is 2.40. The minimum atomic E-state index is 0.250. The zero-order chi connectivity index (χ0) is 9.90. The molecule has 0 aliphatic heterocycles. The second-order valence-corrected chi connectivity index (χ2v) is 5.49. The third kappa shape index (κ3) is 2.72. The number of rotatable bonds is 4. The first-order valence-corrected chi connectivity index (χ1v) is 6.10. The molecular weight excluding hydrogens is 200 g/mol. The molecule has 1 aromatic rings. The average molecular weight is 217 g/mol. The maximum Gasteiger partial charge on any atom is 0.0232 e. The SMILES string of the molecule is CCc1ccc(C(C)(C)CCCl)s1. The van der Waals surface area contributed by atoms with E-state index in [1.165, 1.54) is 9.75 Å². The Hall–Kier alpha value is -0.0100. The van der Waals surface area contributed by atoms with Crippen LogP contribution < -0.4 is 0 Å². The Morgan fingerprint density at radius 2 is 2.08 bits per heavy atom. The molecule has 1 rings (SSSR count). The van der Waals surface area contributed by atoms with Gasteiger partial charge in [0.2, 0.25) is 0 Å². The van der Waals surface area contributed by atoms with E-state index < -0.39 is 0 Å². The predicted molar refractivity (Wildman–Crippen MR) is 62.1 cm³/mol. The number of thiophene rings is 1. The van der Waals surface area contributed by atoms with E-state index in [2.05, 4.69) is 32.9 Å². The van der Waals surface area contributed by atoms with Crippen molar-refractivity contribution in [3.8, 4) is 0 Å². The summed E-state index contributed by atoms with van der Waals surface area (Å²) >= 11 is 7.70. The molecule has 0 amide bonds. The van der Waals surface area contributed by atoms with Crippen molar-refractivity contribution >= 4 is 22.9 Å². The van der Waals surface area contributed by atoms with Gasteiger partial charge >= 0.3 is 0 Å². The standard InChI is InChI=1S/C11H17ClS/c1-4-9-5-6-10(13-9)11(2,3)7-8-12/h5-6H,4,7-8H2,1-3H3. The summed E-state index contributed by atoms with van der Waals surface area (Å²) in [6.45, 7) is 6.73. The summed E-state index contributed by atoms with van der Waals surface area (Å²) in [5, 5.41) is 0. The van der Waals surface area contributed by atoms with Crippen LogP contribution in [-0.4, -0.2) is 5.88 Å². The van der Waals surface area contributed by atoms with Gasteiger partial charge in [-0.1, -0.05) is 20.8 Å². The highest BCUT2D eigenvalue weighted by atomic mass is 35.5. The van der Waals surface area contributed by atoms with E-state index in [1.807, 2.05) is 11.3 Å². The molecule has 13 heavy (non-hydrogen) atoms. The Labute approximate surface area is 89.9 Å². The van der Waals surface area contributed by atoms with Crippen LogP contribution in [0.1, 0.15) is 36.9 Å². The molecular formula is C11H17ClS. The zero-order valence-electron chi connectivity index (χ0n) is 8.56. The molecule has 0 fully saturated rings. The van der Waals surface area contributed by atoms with Crippen LogP contribution in [0.3, 0.4) is 0 Å². The number of aryl methyl sites for hydroxylation is 1. The molecule has 0 aliphatic carbocycles. The lowest BCUT2D eigenvalue weighted by atomic mass is 9.88. The van der Waals surface area contributed by atoms with Crippen LogP contribution in [0.15, 0.2) is 12.1 Å². The summed E-state index contributed by atoms with van der Waals surface area (Å²) in [6.07, 6.45) is 2.19. The van der Waals surface area contributed by atoms with Gasteiger partial charge in [-0.3, -0.25) is 0 Å². The first-order valence-electron chi connectivity index (χ1n) is 4.75. The molecule has 0 nitrogen and oxygen atoms in total. The summed E-state index contributed by atoms with van der Waals surface area (Å²) < 4.78 is 0. The Morgan fingerprint density at radius 3 is 2.54 bits per heavy atom. The maximum absolute atomic E-state index is 5.78. The smallest absolute Gasteiger partial charge is 0.0232 e. The molecule has 0 aromatic carbocycles. The summed E-state index contributed by atoms with van der Waals surface area (Å²) in [7, 11) is 0. The summed E-state index contributed by atoms with van der Waals surface area (Å²) in [5.41, 5.74) is 0.250. The van der Waals surface area contributed by atoms with Crippen molar-refractivity contribution in [3.05, 3.63) is 21.9 Å². The lowest BCUT2D eigenvalue weighted by molar-refractivity contribution is 0.520. The summed E-state index contributed by atoms with van der Waals surface area (Å²) in [5.74, 6) is 0.742. The number of hydrogen-bond acceptors (Lipinski definition) is 1. The minimum absolute atomic E-state index is 0.250. The molecule has 0 atom stereocenters. The van der Waals surface area contributed by atoms with Crippen molar-refractivity contribution in [2.45, 2.75) is 39.0 Å². The molecule has 0 unspecified atom stereocenters. The first kappa shape index (κ1) is 11.1. The van der Waals surface area contributed by atoms with Crippen LogP contribution in [0.5, 0.6) is 0 Å². The van der Waals surface area contributed by atoms with E-state index in [9.17, 15) is 0 Å². The van der Waals surface area contributed by atoms with Crippen LogP contribution in [0, 0.1) is 0 Å². The van der Waals surface area contributed by atoms with E-state index >= 15 is 0 Å². The van der Waals surface area contributed by atoms with Crippen molar-refractivity contribution in [1.82, 2.24) is 0 Å². The quantitative estimate of drug-likeness (QED) is 0.662. The predicted octanol–water partition coefficient (Wildman–Crippen LogP) is 4.22. The fraction of sp³-hybridized carbons (Fsp3) is 0.636. The van der Waals surface area contributed by atoms with Crippen LogP contribution in [0.2, 0.25) is 0 Å². The fourth-order valence-electron chi connectivity index (χ4n) is 1.29. The van der Waals surface area contributed by atoms with Gasteiger partial charge in [-0.15, -0.1) is 22.9 Å². The molecule has 0 saturated carbocycles. The molecule has 2 heteroatoms. The molecule has 0 bridgehead atoms. The van der Waals surface area contributed by atoms with Gasteiger partial charge in [0.05, 0.1) is 0 Å². The Bertz CT molecular complexity index is 263. The topological polar surface area (TPSA) is 0 Å². The molecule has 0 radical (unpaired) electrons. The average Bonchev–Trinajstić information content (AvgIpc) is 2.52. The molecule has 1 aromatic heterocycles. The van der Waals surface area contributed by atoms with Gasteiger partial charge in [0.25, 0.3) is 0 Å². The summed E-state index contributed by atoms with van der Waals surface area (Å²) in [6, 6.07) is 4.48. The lowest BCUT2D eigenvalue weighted by Gasteiger charge is -2.21. The third-order valence-corrected chi connectivity index (χ3v) is 4.18. The largest absolute Gasteiger partial charge is 0.145 e. The number of halogens is 1. The zero-order valence-corrected chi connectivity index (χ0v) is 10.1. The summed E-state index contributed by atoms with van der Waals surface area (Å²) in [4.78, 5) is 2.93. The normalized spacial score (nSPS) is 12.0. The Balaban J connectivity index is 2.80. The minimum Gasteiger partial charge on any atom is -0.145 e. The van der Waals surface area contributed by atoms with Crippen molar-refractivity contribution in [2.75, 3.05) is 5.88 Å². The van der Waals surface area contributed by atoms with Crippen LogP contribution in [-0.2, 0) is 11.8 Å². The van der Waals surface area contributed by atoms with E-state index in [0.29, 0.717) is 0 Å². The van der Waals surface area contributed by atoms with Gasteiger partial charge in [-0.25, -0.2) is 0 Å². The van der Waals surface area contributed by atoms with Gasteiger partial charge in [-0.05, 0) is 25.0 Å². The first-order chi connectivity index (χ1) is 6.10. The van der Waals surface area contributed by atoms with Crippen LogP contribution in [0.25, 0.3) is 0 Å². The second kappa shape index (κ2) is 4.47.